The number of hydrogen-bond acceptors (Lipinski definition) is 5. The first kappa shape index (κ1) is 14.3. The Morgan fingerprint density at radius 3 is 2.65 bits per heavy atom. The standard InChI is InChI=1S/C12H20N6O2/c1-8-10(11(13)20)12(17(2)16-8)15-7-9(19)18-5-3-14-4-6-18/h14-15H,3-7H2,1-2H3,(H2,13,20). The van der Waals surface area contributed by atoms with Crippen LogP contribution in [0.25, 0.3) is 0 Å². The molecule has 0 saturated carbocycles. The number of piperazine rings is 1. The van der Waals surface area contributed by atoms with Gasteiger partial charge in [-0.05, 0) is 6.92 Å². The average Bonchev–Trinajstić information content (AvgIpc) is 2.71. The van der Waals surface area contributed by atoms with Gasteiger partial charge < -0.3 is 21.3 Å². The topological polar surface area (TPSA) is 105 Å². The van der Waals surface area contributed by atoms with Crippen molar-refractivity contribution < 1.29 is 9.59 Å². The molecule has 4 N–H and O–H groups in total. The van der Waals surface area contributed by atoms with E-state index in [1.165, 1.54) is 4.68 Å². The molecule has 0 bridgehead atoms. The Hall–Kier alpha value is -2.09. The van der Waals surface area contributed by atoms with Crippen LogP contribution in [0, 0.1) is 6.92 Å². The van der Waals surface area contributed by atoms with E-state index in [0.29, 0.717) is 30.2 Å². The minimum Gasteiger partial charge on any atom is -0.365 e. The zero-order valence-corrected chi connectivity index (χ0v) is 11.8. The summed E-state index contributed by atoms with van der Waals surface area (Å²) in [6.45, 7) is 4.86. The average molecular weight is 280 g/mol. The summed E-state index contributed by atoms with van der Waals surface area (Å²) in [7, 11) is 1.71. The lowest BCUT2D eigenvalue weighted by Crippen LogP contribution is -2.48. The SMILES string of the molecule is Cc1nn(C)c(NCC(=O)N2CCNCC2)c1C(N)=O. The summed E-state index contributed by atoms with van der Waals surface area (Å²) in [4.78, 5) is 25.3. The first-order valence-corrected chi connectivity index (χ1v) is 6.56. The molecule has 2 heterocycles. The highest BCUT2D eigenvalue weighted by molar-refractivity contribution is 5.99. The van der Waals surface area contributed by atoms with E-state index in [1.807, 2.05) is 0 Å². The molecular weight excluding hydrogens is 260 g/mol. The smallest absolute Gasteiger partial charge is 0.254 e. The number of aromatic nitrogens is 2. The molecule has 0 unspecified atom stereocenters. The highest BCUT2D eigenvalue weighted by Gasteiger charge is 2.20. The summed E-state index contributed by atoms with van der Waals surface area (Å²) in [6, 6.07) is 0. The third-order valence-electron chi connectivity index (χ3n) is 3.35. The Bertz CT molecular complexity index is 518. The van der Waals surface area contributed by atoms with E-state index in [9.17, 15) is 9.59 Å². The second kappa shape index (κ2) is 5.91. The fourth-order valence-corrected chi connectivity index (χ4v) is 2.34. The quantitative estimate of drug-likeness (QED) is 0.634. The van der Waals surface area contributed by atoms with Gasteiger partial charge in [-0.25, -0.2) is 0 Å². The zero-order valence-electron chi connectivity index (χ0n) is 11.8. The van der Waals surface area contributed by atoms with Crippen LogP contribution >= 0.6 is 0 Å². The van der Waals surface area contributed by atoms with E-state index < -0.39 is 5.91 Å². The molecule has 20 heavy (non-hydrogen) atoms. The predicted molar refractivity (Wildman–Crippen MR) is 74.4 cm³/mol. The summed E-state index contributed by atoms with van der Waals surface area (Å²) in [5.74, 6) is -0.0630. The molecule has 1 saturated heterocycles. The number of carbonyl (C=O) groups is 2. The Morgan fingerprint density at radius 2 is 2.05 bits per heavy atom. The number of aryl methyl sites for hydroxylation is 2. The minimum absolute atomic E-state index is 0.000716. The van der Waals surface area contributed by atoms with Gasteiger partial charge in [0.15, 0.2) is 0 Å². The Balaban J connectivity index is 2.03. The highest BCUT2D eigenvalue weighted by Crippen LogP contribution is 2.17. The van der Waals surface area contributed by atoms with Crippen LogP contribution in [0.3, 0.4) is 0 Å². The lowest BCUT2D eigenvalue weighted by Gasteiger charge is -2.27. The predicted octanol–water partition coefficient (Wildman–Crippen LogP) is -1.33. The summed E-state index contributed by atoms with van der Waals surface area (Å²) in [5, 5.41) is 10.3. The number of nitrogens with two attached hydrogens (primary N) is 1. The molecule has 1 aliphatic rings. The van der Waals surface area contributed by atoms with Crippen LogP contribution in [-0.4, -0.2) is 59.2 Å². The van der Waals surface area contributed by atoms with Crippen molar-refractivity contribution >= 4 is 17.6 Å². The molecule has 2 amide bonds. The molecule has 1 aliphatic heterocycles. The zero-order chi connectivity index (χ0) is 14.7. The summed E-state index contributed by atoms with van der Waals surface area (Å²) < 4.78 is 1.53. The number of primary amides is 1. The number of rotatable bonds is 4. The van der Waals surface area contributed by atoms with Crippen molar-refractivity contribution in [1.82, 2.24) is 20.0 Å². The van der Waals surface area contributed by atoms with Crippen molar-refractivity contribution in [2.45, 2.75) is 6.92 Å². The second-order valence-electron chi connectivity index (χ2n) is 4.78. The van der Waals surface area contributed by atoms with E-state index in [1.54, 1.807) is 18.9 Å². The lowest BCUT2D eigenvalue weighted by molar-refractivity contribution is -0.129. The van der Waals surface area contributed by atoms with Gasteiger partial charge in [-0.15, -0.1) is 0 Å². The molecule has 1 aromatic heterocycles. The monoisotopic (exact) mass is 280 g/mol. The Kier molecular flexibility index (Phi) is 4.23. The molecule has 0 spiro atoms. The van der Waals surface area contributed by atoms with Crippen LogP contribution in [0.2, 0.25) is 0 Å². The Morgan fingerprint density at radius 1 is 1.40 bits per heavy atom. The van der Waals surface area contributed by atoms with Gasteiger partial charge in [0.25, 0.3) is 5.91 Å². The molecule has 1 fully saturated rings. The summed E-state index contributed by atoms with van der Waals surface area (Å²) in [6.07, 6.45) is 0. The van der Waals surface area contributed by atoms with Gasteiger partial charge in [0.1, 0.15) is 11.4 Å². The van der Waals surface area contributed by atoms with Gasteiger partial charge in [-0.2, -0.15) is 5.10 Å². The largest absolute Gasteiger partial charge is 0.365 e. The fraction of sp³-hybridized carbons (Fsp3) is 0.583. The molecule has 0 atom stereocenters. The normalized spacial score (nSPS) is 15.2. The molecule has 0 aliphatic carbocycles. The molecule has 0 radical (unpaired) electrons. The fourth-order valence-electron chi connectivity index (χ4n) is 2.34. The van der Waals surface area contributed by atoms with Crippen molar-refractivity contribution in [3.8, 4) is 0 Å². The highest BCUT2D eigenvalue weighted by atomic mass is 16.2. The van der Waals surface area contributed by atoms with Crippen molar-refractivity contribution in [2.75, 3.05) is 38.0 Å². The van der Waals surface area contributed by atoms with Gasteiger partial charge >= 0.3 is 0 Å². The molecule has 8 nitrogen and oxygen atoms in total. The van der Waals surface area contributed by atoms with Crippen LogP contribution in [0.1, 0.15) is 16.1 Å². The molecular formula is C12H20N6O2. The third kappa shape index (κ3) is 2.90. The van der Waals surface area contributed by atoms with Crippen molar-refractivity contribution in [3.05, 3.63) is 11.3 Å². The molecule has 8 heteroatoms. The third-order valence-corrected chi connectivity index (χ3v) is 3.35. The molecule has 2 rings (SSSR count). The van der Waals surface area contributed by atoms with E-state index in [-0.39, 0.29) is 12.5 Å². The lowest BCUT2D eigenvalue weighted by atomic mass is 10.2. The summed E-state index contributed by atoms with van der Waals surface area (Å²) in [5.41, 5.74) is 6.23. The van der Waals surface area contributed by atoms with Crippen LogP contribution < -0.4 is 16.4 Å². The molecule has 110 valence electrons. The Labute approximate surface area is 117 Å². The van der Waals surface area contributed by atoms with E-state index in [0.717, 1.165) is 13.1 Å². The van der Waals surface area contributed by atoms with E-state index in [4.69, 9.17) is 5.73 Å². The van der Waals surface area contributed by atoms with Crippen LogP contribution in [0.4, 0.5) is 5.82 Å². The van der Waals surface area contributed by atoms with E-state index >= 15 is 0 Å². The van der Waals surface area contributed by atoms with Crippen LogP contribution in [0.15, 0.2) is 0 Å². The molecule has 1 aromatic rings. The van der Waals surface area contributed by atoms with Gasteiger partial charge in [-0.1, -0.05) is 0 Å². The number of carbonyl (C=O) groups excluding carboxylic acids is 2. The summed E-state index contributed by atoms with van der Waals surface area (Å²) >= 11 is 0. The number of hydrogen-bond donors (Lipinski definition) is 3. The second-order valence-corrected chi connectivity index (χ2v) is 4.78. The number of amides is 2. The first-order chi connectivity index (χ1) is 9.50. The van der Waals surface area contributed by atoms with Crippen molar-refractivity contribution in [2.24, 2.45) is 12.8 Å². The van der Waals surface area contributed by atoms with Gasteiger partial charge in [0.05, 0.1) is 12.2 Å². The minimum atomic E-state index is -0.548. The first-order valence-electron chi connectivity index (χ1n) is 6.56. The van der Waals surface area contributed by atoms with Crippen molar-refractivity contribution in [1.29, 1.82) is 0 Å². The maximum absolute atomic E-state index is 12.1. The number of anilines is 1. The van der Waals surface area contributed by atoms with Gasteiger partial charge in [0, 0.05) is 33.2 Å². The van der Waals surface area contributed by atoms with Gasteiger partial charge in [0.2, 0.25) is 5.91 Å². The van der Waals surface area contributed by atoms with E-state index in [2.05, 4.69) is 15.7 Å². The number of nitrogens with one attached hydrogen (secondary N) is 2. The maximum atomic E-state index is 12.1. The van der Waals surface area contributed by atoms with Crippen LogP contribution in [0.5, 0.6) is 0 Å². The molecule has 0 aromatic carbocycles. The maximum Gasteiger partial charge on any atom is 0.254 e. The van der Waals surface area contributed by atoms with Crippen molar-refractivity contribution in [3.63, 3.8) is 0 Å². The number of nitrogens with zero attached hydrogens (tertiary/aromatic N) is 3. The van der Waals surface area contributed by atoms with Crippen LogP contribution in [-0.2, 0) is 11.8 Å². The van der Waals surface area contributed by atoms with Gasteiger partial charge in [-0.3, -0.25) is 14.3 Å².